The summed E-state index contributed by atoms with van der Waals surface area (Å²) in [4.78, 5) is 24.0. The number of rotatable bonds is 5. The second kappa shape index (κ2) is 7.95. The van der Waals surface area contributed by atoms with Crippen LogP contribution in [-0.4, -0.2) is 25.3 Å². The molecule has 0 unspecified atom stereocenters. The molecule has 0 aliphatic heterocycles. The molecule has 0 fully saturated rings. The molecule has 3 aromatic carbocycles. The molecule has 0 aliphatic carbocycles. The van der Waals surface area contributed by atoms with Gasteiger partial charge in [0, 0.05) is 17.0 Å². The average Bonchev–Trinajstić information content (AvgIpc) is 3.16. The number of nitrogens with zero attached hydrogens (tertiary/aromatic N) is 4. The molecule has 9 nitrogen and oxygen atoms in total. The molecule has 5 rings (SSSR count). The van der Waals surface area contributed by atoms with Gasteiger partial charge in [-0.2, -0.15) is 5.10 Å². The van der Waals surface area contributed by atoms with Crippen molar-refractivity contribution >= 4 is 45.0 Å². The van der Waals surface area contributed by atoms with Gasteiger partial charge < -0.3 is 5.32 Å². The first-order valence-corrected chi connectivity index (χ1v) is 9.76. The summed E-state index contributed by atoms with van der Waals surface area (Å²) in [5.74, 6) is -0.885. The first-order chi connectivity index (χ1) is 15.9. The third kappa shape index (κ3) is 3.85. The highest BCUT2D eigenvalue weighted by Gasteiger charge is 2.17. The summed E-state index contributed by atoms with van der Waals surface area (Å²) in [6.07, 6.45) is 0. The van der Waals surface area contributed by atoms with Crippen molar-refractivity contribution < 1.29 is 18.7 Å². The van der Waals surface area contributed by atoms with E-state index in [9.17, 15) is 18.9 Å². The van der Waals surface area contributed by atoms with E-state index in [-0.39, 0.29) is 33.3 Å². The van der Waals surface area contributed by atoms with Gasteiger partial charge in [0.2, 0.25) is 0 Å². The van der Waals surface area contributed by atoms with Gasteiger partial charge in [-0.05, 0) is 36.4 Å². The number of para-hydroxylation sites is 1. The van der Waals surface area contributed by atoms with E-state index in [1.165, 1.54) is 18.2 Å². The number of nitrogens with one attached hydrogen (secondary N) is 2. The minimum Gasteiger partial charge on any atom is -0.322 e. The number of benzene rings is 3. The van der Waals surface area contributed by atoms with E-state index in [2.05, 4.69) is 30.3 Å². The Morgan fingerprint density at radius 2 is 1.85 bits per heavy atom. The molecule has 0 saturated carbocycles. The van der Waals surface area contributed by atoms with Crippen LogP contribution >= 0.6 is 11.6 Å². The monoisotopic (exact) mass is 468 g/mol. The summed E-state index contributed by atoms with van der Waals surface area (Å²) in [7, 11) is 0. The maximum atomic E-state index is 14.1. The number of anilines is 2. The van der Waals surface area contributed by atoms with Crippen LogP contribution in [0.5, 0.6) is 5.75 Å². The van der Waals surface area contributed by atoms with Crippen LogP contribution in [0.1, 0.15) is 0 Å². The van der Waals surface area contributed by atoms with Crippen LogP contribution in [0, 0.1) is 21.7 Å². The van der Waals surface area contributed by atoms with Crippen molar-refractivity contribution in [2.24, 2.45) is 0 Å². The van der Waals surface area contributed by atoms with E-state index in [4.69, 9.17) is 11.6 Å². The lowest BCUT2D eigenvalue weighted by Crippen LogP contribution is -2.03. The number of fused-ring (bicyclic) bond motifs is 2. The van der Waals surface area contributed by atoms with Gasteiger partial charge in [-0.25, -0.2) is 18.7 Å². The Morgan fingerprint density at radius 3 is 2.64 bits per heavy atom. The van der Waals surface area contributed by atoms with Crippen molar-refractivity contribution in [1.82, 2.24) is 20.2 Å². The predicted molar refractivity (Wildman–Crippen MR) is 117 cm³/mol. The van der Waals surface area contributed by atoms with Gasteiger partial charge in [-0.3, -0.25) is 9.94 Å². The maximum absolute atomic E-state index is 14.1. The molecule has 0 spiro atoms. The highest BCUT2D eigenvalue weighted by atomic mass is 35.5. The molecule has 2 aromatic heterocycles. The molecule has 0 bridgehead atoms. The van der Waals surface area contributed by atoms with E-state index in [1.807, 2.05) is 0 Å². The number of aromatic amines is 1. The van der Waals surface area contributed by atoms with E-state index in [0.29, 0.717) is 22.3 Å². The SMILES string of the molecule is O=[N+]([O-])Oc1ccc(-c2nc(Nc3n[nH]c4c(F)cc(F)cc34)c3ccccc3n2)c(Cl)c1. The minimum atomic E-state index is -0.945. The van der Waals surface area contributed by atoms with Crippen molar-refractivity contribution in [3.05, 3.63) is 81.4 Å². The first kappa shape index (κ1) is 20.5. The molecule has 0 saturated heterocycles. The maximum Gasteiger partial charge on any atom is 0.299 e. The summed E-state index contributed by atoms with van der Waals surface area (Å²) in [5, 5.41) is 20.2. The number of hydrogen-bond acceptors (Lipinski definition) is 7. The Bertz CT molecular complexity index is 1560. The summed E-state index contributed by atoms with van der Waals surface area (Å²) in [6.45, 7) is 0. The Kier molecular flexibility index (Phi) is 4.94. The normalized spacial score (nSPS) is 11.1. The number of halogens is 3. The van der Waals surface area contributed by atoms with Crippen molar-refractivity contribution in [1.29, 1.82) is 0 Å². The smallest absolute Gasteiger partial charge is 0.299 e. The Morgan fingerprint density at radius 1 is 1.03 bits per heavy atom. The van der Waals surface area contributed by atoms with Crippen LogP contribution < -0.4 is 10.2 Å². The third-order valence-electron chi connectivity index (χ3n) is 4.79. The molecule has 0 aliphatic rings. The van der Waals surface area contributed by atoms with Crippen molar-refractivity contribution in [2.75, 3.05) is 5.32 Å². The average molecular weight is 469 g/mol. The molecule has 2 heterocycles. The van der Waals surface area contributed by atoms with E-state index < -0.39 is 16.7 Å². The highest BCUT2D eigenvalue weighted by molar-refractivity contribution is 6.33. The molecule has 12 heteroatoms. The summed E-state index contributed by atoms with van der Waals surface area (Å²) in [6, 6.07) is 13.1. The topological polar surface area (TPSA) is 119 Å². The van der Waals surface area contributed by atoms with Crippen molar-refractivity contribution in [3.8, 4) is 17.1 Å². The quantitative estimate of drug-likeness (QED) is 0.261. The fourth-order valence-corrected chi connectivity index (χ4v) is 3.62. The summed E-state index contributed by atoms with van der Waals surface area (Å²) in [5.41, 5.74) is 0.996. The van der Waals surface area contributed by atoms with Crippen LogP contribution in [0.3, 0.4) is 0 Å². The zero-order chi connectivity index (χ0) is 23.1. The lowest BCUT2D eigenvalue weighted by molar-refractivity contribution is -0.711. The molecular formula is C21H11ClF2N6O3. The Labute approximate surface area is 188 Å². The molecule has 33 heavy (non-hydrogen) atoms. The Balaban J connectivity index is 1.63. The number of H-pyrrole nitrogens is 1. The standard InChI is InChI=1S/C21H11ClF2N6O3/c22-15-9-11(33-30(31)32)5-6-12(15)19-25-17-4-2-1-3-13(17)20(26-19)27-21-14-7-10(23)8-16(24)18(14)28-29-21/h1-9H,(H2,25,26,27,28,29). The minimum absolute atomic E-state index is 0.0434. The number of aromatic nitrogens is 4. The van der Waals surface area contributed by atoms with Crippen LogP contribution in [-0.2, 0) is 0 Å². The molecule has 2 N–H and O–H groups in total. The fourth-order valence-electron chi connectivity index (χ4n) is 3.37. The van der Waals surface area contributed by atoms with Gasteiger partial charge in [0.05, 0.1) is 15.9 Å². The van der Waals surface area contributed by atoms with Crippen LogP contribution in [0.25, 0.3) is 33.2 Å². The van der Waals surface area contributed by atoms with Crippen molar-refractivity contribution in [2.45, 2.75) is 0 Å². The van der Waals surface area contributed by atoms with Gasteiger partial charge in [0.25, 0.3) is 5.09 Å². The van der Waals surface area contributed by atoms with Gasteiger partial charge >= 0.3 is 0 Å². The van der Waals surface area contributed by atoms with E-state index >= 15 is 0 Å². The molecule has 0 radical (unpaired) electrons. The predicted octanol–water partition coefficient (Wildman–Crippen LogP) is 5.42. The number of hydrogen-bond donors (Lipinski definition) is 2. The van der Waals surface area contributed by atoms with Crippen LogP contribution in [0.2, 0.25) is 5.02 Å². The van der Waals surface area contributed by atoms with Gasteiger partial charge in [0.1, 0.15) is 22.9 Å². The fraction of sp³-hybridized carbons (Fsp3) is 0. The van der Waals surface area contributed by atoms with Gasteiger partial charge in [-0.15, -0.1) is 10.1 Å². The van der Waals surface area contributed by atoms with Crippen molar-refractivity contribution in [3.63, 3.8) is 0 Å². The summed E-state index contributed by atoms with van der Waals surface area (Å²) >= 11 is 6.30. The Hall–Kier alpha value is -4.38. The second-order valence-corrected chi connectivity index (χ2v) is 7.28. The largest absolute Gasteiger partial charge is 0.322 e. The van der Waals surface area contributed by atoms with Crippen LogP contribution in [0.15, 0.2) is 54.6 Å². The molecule has 0 amide bonds. The van der Waals surface area contributed by atoms with Gasteiger partial charge in [0.15, 0.2) is 17.5 Å². The zero-order valence-electron chi connectivity index (χ0n) is 16.3. The third-order valence-corrected chi connectivity index (χ3v) is 5.10. The molecule has 0 atom stereocenters. The van der Waals surface area contributed by atoms with E-state index in [1.54, 1.807) is 24.3 Å². The first-order valence-electron chi connectivity index (χ1n) is 9.38. The molecule has 164 valence electrons. The summed E-state index contributed by atoms with van der Waals surface area (Å²) < 4.78 is 27.8. The van der Waals surface area contributed by atoms with E-state index in [0.717, 1.165) is 12.1 Å². The molecule has 5 aromatic rings. The lowest BCUT2D eigenvalue weighted by Gasteiger charge is -2.11. The zero-order valence-corrected chi connectivity index (χ0v) is 17.1. The van der Waals surface area contributed by atoms with Gasteiger partial charge in [-0.1, -0.05) is 23.7 Å². The highest BCUT2D eigenvalue weighted by Crippen LogP contribution is 2.34. The molecular weight excluding hydrogens is 458 g/mol. The second-order valence-electron chi connectivity index (χ2n) is 6.88. The lowest BCUT2D eigenvalue weighted by atomic mass is 10.1. The van der Waals surface area contributed by atoms with Crippen LogP contribution in [0.4, 0.5) is 20.4 Å².